The van der Waals surface area contributed by atoms with Crippen molar-refractivity contribution in [1.29, 1.82) is 0 Å². The van der Waals surface area contributed by atoms with Crippen molar-refractivity contribution in [3.63, 3.8) is 0 Å². The molecule has 0 N–H and O–H groups in total. The highest BCUT2D eigenvalue weighted by molar-refractivity contribution is 7.89. The standard InChI is InChI=1S/C9H11ClN2O5S/c1-6-8(10)4-7(5-9(6)12(13)14)18(15,16)11(2)17-3/h4-5H,1-3H3. The van der Waals surface area contributed by atoms with Gasteiger partial charge in [0, 0.05) is 18.7 Å². The van der Waals surface area contributed by atoms with E-state index in [-0.39, 0.29) is 21.2 Å². The monoisotopic (exact) mass is 294 g/mol. The van der Waals surface area contributed by atoms with E-state index in [0.29, 0.717) is 4.47 Å². The highest BCUT2D eigenvalue weighted by Crippen LogP contribution is 2.30. The molecule has 0 aliphatic rings. The molecule has 0 saturated heterocycles. The lowest BCUT2D eigenvalue weighted by Gasteiger charge is -2.14. The van der Waals surface area contributed by atoms with Crippen molar-refractivity contribution in [1.82, 2.24) is 4.47 Å². The van der Waals surface area contributed by atoms with Crippen LogP contribution in [0.1, 0.15) is 5.56 Å². The van der Waals surface area contributed by atoms with Crippen molar-refractivity contribution in [2.24, 2.45) is 0 Å². The van der Waals surface area contributed by atoms with Crippen molar-refractivity contribution >= 4 is 27.3 Å². The Kier molecular flexibility index (Phi) is 4.28. The average molecular weight is 295 g/mol. The Bertz CT molecular complexity index is 587. The predicted octanol–water partition coefficient (Wildman–Crippen LogP) is 1.74. The van der Waals surface area contributed by atoms with Gasteiger partial charge in [0.25, 0.3) is 15.7 Å². The first-order chi connectivity index (χ1) is 8.21. The summed E-state index contributed by atoms with van der Waals surface area (Å²) in [6.07, 6.45) is 0. The van der Waals surface area contributed by atoms with Crippen molar-refractivity contribution in [3.05, 3.63) is 32.8 Å². The highest BCUT2D eigenvalue weighted by Gasteiger charge is 2.26. The summed E-state index contributed by atoms with van der Waals surface area (Å²) >= 11 is 5.79. The molecule has 0 spiro atoms. The molecular formula is C9H11ClN2O5S. The summed E-state index contributed by atoms with van der Waals surface area (Å²) in [4.78, 5) is 14.4. The van der Waals surface area contributed by atoms with E-state index < -0.39 is 14.9 Å². The van der Waals surface area contributed by atoms with Gasteiger partial charge in [-0.15, -0.1) is 0 Å². The second kappa shape index (κ2) is 5.19. The molecule has 0 fully saturated rings. The van der Waals surface area contributed by atoms with Gasteiger partial charge >= 0.3 is 0 Å². The number of nitro benzene ring substituents is 1. The molecule has 0 unspecified atom stereocenters. The Balaban J connectivity index is 3.50. The van der Waals surface area contributed by atoms with Gasteiger partial charge in [-0.3, -0.25) is 15.0 Å². The summed E-state index contributed by atoms with van der Waals surface area (Å²) in [6.45, 7) is 1.44. The van der Waals surface area contributed by atoms with Crippen LogP contribution in [-0.2, 0) is 14.9 Å². The number of hydrogen-bond donors (Lipinski definition) is 0. The second-order valence-electron chi connectivity index (χ2n) is 3.40. The Morgan fingerprint density at radius 2 is 2.00 bits per heavy atom. The normalized spacial score (nSPS) is 11.8. The number of nitro groups is 1. The molecule has 9 heteroatoms. The van der Waals surface area contributed by atoms with Crippen LogP contribution in [0.2, 0.25) is 5.02 Å². The zero-order valence-corrected chi connectivity index (χ0v) is 11.4. The van der Waals surface area contributed by atoms with Gasteiger partial charge < -0.3 is 0 Å². The summed E-state index contributed by atoms with van der Waals surface area (Å²) in [5.41, 5.74) is -0.147. The molecule has 100 valence electrons. The smallest absolute Gasteiger partial charge is 0.275 e. The van der Waals surface area contributed by atoms with Gasteiger partial charge in [0.1, 0.15) is 0 Å². The van der Waals surface area contributed by atoms with Crippen LogP contribution in [0, 0.1) is 17.0 Å². The van der Waals surface area contributed by atoms with E-state index in [2.05, 4.69) is 4.84 Å². The van der Waals surface area contributed by atoms with Gasteiger partial charge in [-0.1, -0.05) is 16.1 Å². The maximum absolute atomic E-state index is 11.9. The first kappa shape index (κ1) is 14.8. The van der Waals surface area contributed by atoms with Gasteiger partial charge in [-0.05, 0) is 13.0 Å². The SMILES string of the molecule is CON(C)S(=O)(=O)c1cc(Cl)c(C)c([N+](=O)[O-])c1. The molecule has 7 nitrogen and oxygen atoms in total. The van der Waals surface area contributed by atoms with Crippen molar-refractivity contribution < 1.29 is 18.2 Å². The maximum atomic E-state index is 11.9. The highest BCUT2D eigenvalue weighted by atomic mass is 35.5. The molecule has 0 bridgehead atoms. The fraction of sp³-hybridized carbons (Fsp3) is 0.333. The van der Waals surface area contributed by atoms with Crippen molar-refractivity contribution in [2.75, 3.05) is 14.2 Å². The third kappa shape index (κ3) is 2.61. The Hall–Kier alpha value is -1.22. The van der Waals surface area contributed by atoms with Crippen molar-refractivity contribution in [2.45, 2.75) is 11.8 Å². The van der Waals surface area contributed by atoms with Gasteiger partial charge in [-0.25, -0.2) is 8.42 Å². The molecule has 1 aromatic carbocycles. The Morgan fingerprint density at radius 3 is 2.44 bits per heavy atom. The Morgan fingerprint density at radius 1 is 1.44 bits per heavy atom. The van der Waals surface area contributed by atoms with Crippen LogP contribution in [0.3, 0.4) is 0 Å². The fourth-order valence-electron chi connectivity index (χ4n) is 1.23. The number of halogens is 1. The Labute approximate surface area is 109 Å². The lowest BCUT2D eigenvalue weighted by molar-refractivity contribution is -0.385. The van der Waals surface area contributed by atoms with Gasteiger partial charge in [0.2, 0.25) is 0 Å². The number of rotatable bonds is 4. The minimum Gasteiger partial charge on any atom is -0.288 e. The van der Waals surface area contributed by atoms with Crippen LogP contribution >= 0.6 is 11.6 Å². The zero-order chi connectivity index (χ0) is 14.1. The summed E-state index contributed by atoms with van der Waals surface area (Å²) in [5.74, 6) is 0. The van der Waals surface area contributed by atoms with Gasteiger partial charge in [0.05, 0.1) is 22.0 Å². The molecule has 1 rings (SSSR count). The van der Waals surface area contributed by atoms with Gasteiger partial charge in [-0.2, -0.15) is 0 Å². The quantitative estimate of drug-likeness (QED) is 0.623. The van der Waals surface area contributed by atoms with Crippen LogP contribution in [-0.4, -0.2) is 32.0 Å². The van der Waals surface area contributed by atoms with Crippen LogP contribution < -0.4 is 0 Å². The van der Waals surface area contributed by atoms with Crippen LogP contribution in [0.25, 0.3) is 0 Å². The van der Waals surface area contributed by atoms with E-state index in [1.807, 2.05) is 0 Å². The van der Waals surface area contributed by atoms with Gasteiger partial charge in [0.15, 0.2) is 0 Å². The molecule has 0 aromatic heterocycles. The van der Waals surface area contributed by atoms with E-state index >= 15 is 0 Å². The van der Waals surface area contributed by atoms with Crippen LogP contribution in [0.4, 0.5) is 5.69 Å². The second-order valence-corrected chi connectivity index (χ2v) is 5.75. The predicted molar refractivity (Wildman–Crippen MR) is 64.8 cm³/mol. The minimum absolute atomic E-state index is 0.00674. The van der Waals surface area contributed by atoms with E-state index in [4.69, 9.17) is 11.6 Å². The summed E-state index contributed by atoms with van der Waals surface area (Å²) in [5, 5.41) is 10.8. The zero-order valence-electron chi connectivity index (χ0n) is 9.88. The number of nitrogens with zero attached hydrogens (tertiary/aromatic N) is 2. The molecule has 18 heavy (non-hydrogen) atoms. The molecule has 0 saturated carbocycles. The lowest BCUT2D eigenvalue weighted by Crippen LogP contribution is -2.25. The molecule has 1 aromatic rings. The first-order valence-corrected chi connectivity index (χ1v) is 6.51. The average Bonchev–Trinajstić information content (AvgIpc) is 2.30. The fourth-order valence-corrected chi connectivity index (χ4v) is 2.52. The largest absolute Gasteiger partial charge is 0.288 e. The summed E-state index contributed by atoms with van der Waals surface area (Å²) in [7, 11) is -1.62. The number of sulfonamides is 1. The maximum Gasteiger partial charge on any atom is 0.275 e. The minimum atomic E-state index is -3.96. The molecule has 0 amide bonds. The molecule has 0 radical (unpaired) electrons. The number of hydrogen-bond acceptors (Lipinski definition) is 5. The molecule has 0 aliphatic carbocycles. The molecule has 0 heterocycles. The van der Waals surface area contributed by atoms with E-state index in [9.17, 15) is 18.5 Å². The number of hydroxylamine groups is 1. The topological polar surface area (TPSA) is 89.8 Å². The third-order valence-electron chi connectivity index (χ3n) is 2.38. The van der Waals surface area contributed by atoms with Crippen LogP contribution in [0.15, 0.2) is 17.0 Å². The molecule has 0 aliphatic heterocycles. The van der Waals surface area contributed by atoms with Crippen LogP contribution in [0.5, 0.6) is 0 Å². The first-order valence-electron chi connectivity index (χ1n) is 4.69. The van der Waals surface area contributed by atoms with Crippen molar-refractivity contribution in [3.8, 4) is 0 Å². The summed E-state index contributed by atoms with van der Waals surface area (Å²) in [6, 6.07) is 2.10. The van der Waals surface area contributed by atoms with E-state index in [1.165, 1.54) is 21.1 Å². The summed E-state index contributed by atoms with van der Waals surface area (Å²) < 4.78 is 24.4. The van der Waals surface area contributed by atoms with E-state index in [1.54, 1.807) is 0 Å². The molecule has 0 atom stereocenters. The number of benzene rings is 1. The molecular weight excluding hydrogens is 284 g/mol. The third-order valence-corrected chi connectivity index (χ3v) is 4.43. The lowest BCUT2D eigenvalue weighted by atomic mass is 10.2. The van der Waals surface area contributed by atoms with E-state index in [0.717, 1.165) is 12.1 Å².